The van der Waals surface area contributed by atoms with Crippen molar-refractivity contribution in [3.63, 3.8) is 0 Å². The molecule has 12 heavy (non-hydrogen) atoms. The van der Waals surface area contributed by atoms with Crippen LogP contribution in [0.2, 0.25) is 0 Å². The van der Waals surface area contributed by atoms with Gasteiger partial charge in [0.15, 0.2) is 0 Å². The van der Waals surface area contributed by atoms with Gasteiger partial charge in [-0.2, -0.15) is 0 Å². The van der Waals surface area contributed by atoms with Crippen LogP contribution in [-0.2, 0) is 0 Å². The lowest BCUT2D eigenvalue weighted by atomic mass is 10.2. The molecule has 1 N–H and O–H groups in total. The molecule has 3 nitrogen and oxygen atoms in total. The van der Waals surface area contributed by atoms with Crippen molar-refractivity contribution in [1.29, 1.82) is 0 Å². The first kappa shape index (κ1) is 8.93. The van der Waals surface area contributed by atoms with Crippen LogP contribution in [0.25, 0.3) is 0 Å². The van der Waals surface area contributed by atoms with Crippen molar-refractivity contribution in [2.24, 2.45) is 5.16 Å². The van der Waals surface area contributed by atoms with E-state index in [1.807, 2.05) is 13.8 Å². The van der Waals surface area contributed by atoms with Crippen LogP contribution in [0.5, 0.6) is 0 Å². The monoisotopic (exact) mass is 183 g/mol. The molecule has 0 saturated heterocycles. The molecule has 0 atom stereocenters. The Labute approximate surface area is 74.3 Å². The second-order valence-corrected chi connectivity index (χ2v) is 3.90. The van der Waals surface area contributed by atoms with E-state index in [2.05, 4.69) is 5.16 Å². The van der Waals surface area contributed by atoms with Gasteiger partial charge in [0, 0.05) is 15.3 Å². The van der Waals surface area contributed by atoms with Gasteiger partial charge in [-0.25, -0.2) is 0 Å². The highest BCUT2D eigenvalue weighted by Gasteiger charge is 2.09. The molecule has 0 unspecified atom stereocenters. The number of hydrogen-bond donors (Lipinski definition) is 1. The fourth-order valence-corrected chi connectivity index (χ4v) is 1.93. The van der Waals surface area contributed by atoms with Crippen molar-refractivity contribution in [2.45, 2.75) is 13.8 Å². The first-order valence-corrected chi connectivity index (χ1v) is 4.25. The Bertz CT molecular complexity index is 328. The lowest BCUT2D eigenvalue weighted by Crippen LogP contribution is -1.99. The number of nitrogens with zero attached hydrogens (tertiary/aromatic N) is 1. The van der Waals surface area contributed by atoms with Crippen LogP contribution in [0, 0.1) is 13.8 Å². The summed E-state index contributed by atoms with van der Waals surface area (Å²) in [7, 11) is 0. The minimum absolute atomic E-state index is 0.251. The fourth-order valence-electron chi connectivity index (χ4n) is 0.997. The molecule has 1 heterocycles. The predicted molar refractivity (Wildman–Crippen MR) is 48.4 cm³/mol. The van der Waals surface area contributed by atoms with Crippen molar-refractivity contribution >= 4 is 23.3 Å². The van der Waals surface area contributed by atoms with Crippen LogP contribution in [0.15, 0.2) is 11.2 Å². The fraction of sp³-hybridized carbons (Fsp3) is 0.250. The Balaban J connectivity index is 3.02. The Kier molecular flexibility index (Phi) is 2.60. The van der Waals surface area contributed by atoms with Crippen molar-refractivity contribution in [3.05, 3.63) is 21.4 Å². The molecule has 1 rings (SSSR count). The lowest BCUT2D eigenvalue weighted by Gasteiger charge is -1.89. The molecule has 0 aliphatic rings. The molecule has 1 aromatic heterocycles. The van der Waals surface area contributed by atoms with Gasteiger partial charge in [0.05, 0.1) is 0 Å². The number of ketones is 1. The maximum absolute atomic E-state index is 11.2. The number of rotatable bonds is 2. The molecule has 0 radical (unpaired) electrons. The van der Waals surface area contributed by atoms with E-state index in [1.54, 1.807) is 17.4 Å². The number of aryl methyl sites for hydroxylation is 2. The third-order valence-corrected chi connectivity index (χ3v) is 2.45. The van der Waals surface area contributed by atoms with E-state index in [4.69, 9.17) is 5.21 Å². The summed E-state index contributed by atoms with van der Waals surface area (Å²) in [5.74, 6) is -0.251. The zero-order chi connectivity index (χ0) is 9.14. The predicted octanol–water partition coefficient (Wildman–Crippen LogP) is 2.01. The highest BCUT2D eigenvalue weighted by atomic mass is 32.1. The summed E-state index contributed by atoms with van der Waals surface area (Å²) in [6, 6.07) is 1.80. The number of hydrogen-bond acceptors (Lipinski definition) is 4. The first-order valence-electron chi connectivity index (χ1n) is 3.44. The van der Waals surface area contributed by atoms with Crippen LogP contribution < -0.4 is 0 Å². The third-order valence-electron chi connectivity index (χ3n) is 1.48. The van der Waals surface area contributed by atoms with Crippen LogP contribution in [0.3, 0.4) is 0 Å². The highest BCUT2D eigenvalue weighted by Crippen LogP contribution is 2.20. The smallest absolute Gasteiger partial charge is 0.208 e. The number of carbonyl (C=O) groups excluding carboxylic acids is 1. The minimum atomic E-state index is -0.251. The average molecular weight is 183 g/mol. The molecule has 0 aliphatic heterocycles. The Hall–Kier alpha value is -1.16. The SMILES string of the molecule is Cc1cc(C(=O)C=NO)c(C)s1. The summed E-state index contributed by atoms with van der Waals surface area (Å²) in [6.45, 7) is 3.81. The van der Waals surface area contributed by atoms with E-state index >= 15 is 0 Å². The summed E-state index contributed by atoms with van der Waals surface area (Å²) < 4.78 is 0. The van der Waals surface area contributed by atoms with E-state index in [1.165, 1.54) is 0 Å². The number of thiophene rings is 1. The van der Waals surface area contributed by atoms with E-state index in [0.717, 1.165) is 16.0 Å². The molecule has 0 bridgehead atoms. The topological polar surface area (TPSA) is 49.7 Å². The van der Waals surface area contributed by atoms with Crippen molar-refractivity contribution < 1.29 is 10.0 Å². The molecule has 1 aromatic rings. The summed E-state index contributed by atoms with van der Waals surface area (Å²) in [4.78, 5) is 13.2. The molecule has 0 aromatic carbocycles. The minimum Gasteiger partial charge on any atom is -0.411 e. The summed E-state index contributed by atoms with van der Waals surface area (Å²) >= 11 is 1.56. The Morgan fingerprint density at radius 1 is 1.67 bits per heavy atom. The second kappa shape index (κ2) is 3.49. The Morgan fingerprint density at radius 3 is 2.75 bits per heavy atom. The molecule has 0 aliphatic carbocycles. The van der Waals surface area contributed by atoms with Gasteiger partial charge in [-0.15, -0.1) is 11.3 Å². The van der Waals surface area contributed by atoms with E-state index in [-0.39, 0.29) is 5.78 Å². The van der Waals surface area contributed by atoms with Crippen LogP contribution in [0.1, 0.15) is 20.1 Å². The van der Waals surface area contributed by atoms with Gasteiger partial charge in [-0.3, -0.25) is 4.79 Å². The quantitative estimate of drug-likeness (QED) is 0.330. The van der Waals surface area contributed by atoms with Crippen LogP contribution >= 0.6 is 11.3 Å². The molecule has 0 fully saturated rings. The van der Waals surface area contributed by atoms with Gasteiger partial charge in [0.1, 0.15) is 6.21 Å². The van der Waals surface area contributed by atoms with E-state index in [9.17, 15) is 4.79 Å². The summed E-state index contributed by atoms with van der Waals surface area (Å²) in [6.07, 6.45) is 0.911. The third kappa shape index (κ3) is 1.71. The zero-order valence-electron chi connectivity index (χ0n) is 6.87. The maximum Gasteiger partial charge on any atom is 0.208 e. The number of oxime groups is 1. The van der Waals surface area contributed by atoms with Crippen molar-refractivity contribution in [3.8, 4) is 0 Å². The van der Waals surface area contributed by atoms with Gasteiger partial charge in [-0.1, -0.05) is 5.16 Å². The van der Waals surface area contributed by atoms with Gasteiger partial charge >= 0.3 is 0 Å². The largest absolute Gasteiger partial charge is 0.411 e. The summed E-state index contributed by atoms with van der Waals surface area (Å²) in [5, 5.41) is 10.8. The van der Waals surface area contributed by atoms with Gasteiger partial charge in [0.25, 0.3) is 0 Å². The highest BCUT2D eigenvalue weighted by molar-refractivity contribution is 7.12. The standard InChI is InChI=1S/C8H9NO2S/c1-5-3-7(6(2)12-5)8(10)4-9-11/h3-4,11H,1-2H3. The van der Waals surface area contributed by atoms with Crippen LogP contribution in [0.4, 0.5) is 0 Å². The number of Topliss-reactive ketones (excluding diaryl/α,β-unsaturated/α-hetero) is 1. The number of carbonyl (C=O) groups is 1. The molecule has 64 valence electrons. The van der Waals surface area contributed by atoms with Crippen LogP contribution in [-0.4, -0.2) is 17.2 Å². The van der Waals surface area contributed by atoms with E-state index in [0.29, 0.717) is 5.56 Å². The molecule has 4 heteroatoms. The second-order valence-electron chi connectivity index (χ2n) is 2.44. The molecule has 0 spiro atoms. The Morgan fingerprint density at radius 2 is 2.33 bits per heavy atom. The zero-order valence-corrected chi connectivity index (χ0v) is 7.68. The van der Waals surface area contributed by atoms with E-state index < -0.39 is 0 Å². The van der Waals surface area contributed by atoms with Crippen molar-refractivity contribution in [1.82, 2.24) is 0 Å². The molecular formula is C8H9NO2S. The molecule has 0 amide bonds. The average Bonchev–Trinajstić information content (AvgIpc) is 2.30. The summed E-state index contributed by atoms with van der Waals surface area (Å²) in [5.41, 5.74) is 0.621. The normalized spacial score (nSPS) is 10.8. The first-order chi connectivity index (χ1) is 5.65. The lowest BCUT2D eigenvalue weighted by molar-refractivity contribution is 0.106. The molecule has 0 saturated carbocycles. The molecular weight excluding hydrogens is 174 g/mol. The van der Waals surface area contributed by atoms with Crippen molar-refractivity contribution in [2.75, 3.05) is 0 Å². The van der Waals surface area contributed by atoms with Gasteiger partial charge in [0.2, 0.25) is 5.78 Å². The maximum atomic E-state index is 11.2. The van der Waals surface area contributed by atoms with Gasteiger partial charge < -0.3 is 5.21 Å². The van der Waals surface area contributed by atoms with Gasteiger partial charge in [-0.05, 0) is 19.9 Å².